The number of aliphatic carboxylic acids is 1. The van der Waals surface area contributed by atoms with Crippen molar-refractivity contribution in [1.82, 2.24) is 5.32 Å². The fourth-order valence-electron chi connectivity index (χ4n) is 2.77. The fourth-order valence-corrected chi connectivity index (χ4v) is 2.77. The molecule has 5 nitrogen and oxygen atoms in total. The molecule has 0 heterocycles. The molecule has 0 rings (SSSR count). The van der Waals surface area contributed by atoms with Gasteiger partial charge in [-0.2, -0.15) is 0 Å². The molecular weight excluding hydrogens is 388 g/mol. The Kier molecular flexibility index (Phi) is 20.6. The van der Waals surface area contributed by atoms with Crippen molar-refractivity contribution in [3.05, 3.63) is 60.8 Å². The number of rotatable bonds is 19. The van der Waals surface area contributed by atoms with Crippen LogP contribution in [0, 0.1) is 0 Å². The highest BCUT2D eigenvalue weighted by molar-refractivity contribution is 5.83. The van der Waals surface area contributed by atoms with Gasteiger partial charge in [0.25, 0.3) is 0 Å². The second-order valence-electron chi connectivity index (χ2n) is 7.34. The molecule has 0 aromatic carbocycles. The second-order valence-corrected chi connectivity index (χ2v) is 7.34. The van der Waals surface area contributed by atoms with Gasteiger partial charge in [-0.25, -0.2) is 4.79 Å². The molecule has 0 aromatic heterocycles. The van der Waals surface area contributed by atoms with E-state index in [1.54, 1.807) is 0 Å². The monoisotopic (exact) mass is 430 g/mol. The normalized spacial score (nSPS) is 13.4. The fraction of sp³-hybridized carbons (Fsp3) is 0.538. The van der Waals surface area contributed by atoms with E-state index in [2.05, 4.69) is 73.0 Å². The molecule has 0 aliphatic rings. The van der Waals surface area contributed by atoms with Crippen LogP contribution >= 0.6 is 0 Å². The molecular formula is C26H42N2O3. The summed E-state index contributed by atoms with van der Waals surface area (Å²) in [6.07, 6.45) is 30.2. The summed E-state index contributed by atoms with van der Waals surface area (Å²) in [7, 11) is 0. The molecule has 0 radical (unpaired) electrons. The molecule has 0 aliphatic carbocycles. The Labute approximate surface area is 188 Å². The van der Waals surface area contributed by atoms with Crippen molar-refractivity contribution in [3.8, 4) is 0 Å². The van der Waals surface area contributed by atoms with E-state index in [9.17, 15) is 9.59 Å². The molecule has 0 unspecified atom stereocenters. The van der Waals surface area contributed by atoms with Crippen LogP contribution in [0.3, 0.4) is 0 Å². The van der Waals surface area contributed by atoms with Gasteiger partial charge in [0.15, 0.2) is 0 Å². The Hall–Kier alpha value is -2.40. The van der Waals surface area contributed by atoms with Gasteiger partial charge < -0.3 is 16.2 Å². The number of nitrogens with two attached hydrogens (primary N) is 1. The van der Waals surface area contributed by atoms with Gasteiger partial charge in [-0.15, -0.1) is 0 Å². The van der Waals surface area contributed by atoms with Gasteiger partial charge in [0.05, 0.1) is 0 Å². The van der Waals surface area contributed by atoms with E-state index in [-0.39, 0.29) is 5.91 Å². The topological polar surface area (TPSA) is 92.4 Å². The van der Waals surface area contributed by atoms with Crippen molar-refractivity contribution in [2.45, 2.75) is 83.6 Å². The Morgan fingerprint density at radius 1 is 0.806 bits per heavy atom. The van der Waals surface area contributed by atoms with Crippen LogP contribution in [0.4, 0.5) is 0 Å². The van der Waals surface area contributed by atoms with E-state index in [0.29, 0.717) is 32.2 Å². The molecule has 174 valence electrons. The maximum atomic E-state index is 11.9. The predicted molar refractivity (Wildman–Crippen MR) is 131 cm³/mol. The van der Waals surface area contributed by atoms with Gasteiger partial charge in [-0.1, -0.05) is 67.7 Å². The van der Waals surface area contributed by atoms with Crippen LogP contribution in [0.1, 0.15) is 77.6 Å². The zero-order valence-electron chi connectivity index (χ0n) is 19.2. The van der Waals surface area contributed by atoms with Crippen molar-refractivity contribution in [1.29, 1.82) is 0 Å². The van der Waals surface area contributed by atoms with Gasteiger partial charge in [0.1, 0.15) is 6.04 Å². The number of carboxylic acids is 1. The molecule has 0 bridgehead atoms. The smallest absolute Gasteiger partial charge is 0.326 e. The maximum Gasteiger partial charge on any atom is 0.326 e. The van der Waals surface area contributed by atoms with Crippen molar-refractivity contribution < 1.29 is 14.7 Å². The summed E-state index contributed by atoms with van der Waals surface area (Å²) < 4.78 is 0. The minimum absolute atomic E-state index is 0.201. The lowest BCUT2D eigenvalue weighted by Gasteiger charge is -2.14. The average Bonchev–Trinajstić information content (AvgIpc) is 2.75. The first-order valence-corrected chi connectivity index (χ1v) is 11.6. The van der Waals surface area contributed by atoms with E-state index in [1.807, 2.05) is 0 Å². The number of carbonyl (C=O) groups is 2. The second kappa shape index (κ2) is 22.3. The molecule has 0 aliphatic heterocycles. The third kappa shape index (κ3) is 20.6. The third-order valence-electron chi connectivity index (χ3n) is 4.51. The number of carbonyl (C=O) groups excluding carboxylic acids is 1. The maximum absolute atomic E-state index is 11.9. The van der Waals surface area contributed by atoms with E-state index in [4.69, 9.17) is 10.8 Å². The van der Waals surface area contributed by atoms with E-state index in [0.717, 1.165) is 44.9 Å². The van der Waals surface area contributed by atoms with Gasteiger partial charge in [-0.05, 0) is 70.8 Å². The van der Waals surface area contributed by atoms with Crippen LogP contribution in [-0.2, 0) is 9.59 Å². The first-order chi connectivity index (χ1) is 15.1. The number of unbranched alkanes of at least 4 members (excludes halogenated alkanes) is 2. The van der Waals surface area contributed by atoms with Crippen LogP contribution < -0.4 is 11.1 Å². The molecule has 0 saturated heterocycles. The van der Waals surface area contributed by atoms with Crippen LogP contribution in [0.25, 0.3) is 0 Å². The first-order valence-electron chi connectivity index (χ1n) is 11.6. The number of nitrogens with one attached hydrogen (secondary N) is 1. The molecule has 0 fully saturated rings. The zero-order valence-corrected chi connectivity index (χ0v) is 19.2. The molecule has 31 heavy (non-hydrogen) atoms. The van der Waals surface area contributed by atoms with Gasteiger partial charge in [0.2, 0.25) is 5.91 Å². The van der Waals surface area contributed by atoms with Crippen molar-refractivity contribution in [3.63, 3.8) is 0 Å². The van der Waals surface area contributed by atoms with Crippen molar-refractivity contribution >= 4 is 11.9 Å². The SMILES string of the molecule is CC/C=C\C/C=C\C/C=C\C/C=C\C/C=C\CCCC(=O)N[C@@H](CCCCN)C(=O)O. The summed E-state index contributed by atoms with van der Waals surface area (Å²) in [6, 6.07) is -0.812. The Balaban J connectivity index is 3.76. The van der Waals surface area contributed by atoms with Crippen LogP contribution in [0.5, 0.6) is 0 Å². The molecule has 0 saturated carbocycles. The number of allylic oxidation sites excluding steroid dienone is 10. The molecule has 4 N–H and O–H groups in total. The first kappa shape index (κ1) is 28.6. The van der Waals surface area contributed by atoms with E-state index >= 15 is 0 Å². The van der Waals surface area contributed by atoms with E-state index in [1.165, 1.54) is 0 Å². The predicted octanol–water partition coefficient (Wildman–Crippen LogP) is 5.61. The van der Waals surface area contributed by atoms with Gasteiger partial charge in [-0.3, -0.25) is 4.79 Å². The summed E-state index contributed by atoms with van der Waals surface area (Å²) in [5.41, 5.74) is 5.42. The Morgan fingerprint density at radius 2 is 1.32 bits per heavy atom. The number of hydrogen-bond donors (Lipinski definition) is 3. The lowest BCUT2D eigenvalue weighted by atomic mass is 10.1. The highest BCUT2D eigenvalue weighted by Crippen LogP contribution is 2.04. The van der Waals surface area contributed by atoms with Gasteiger partial charge in [0, 0.05) is 6.42 Å². The van der Waals surface area contributed by atoms with Crippen LogP contribution in [0.15, 0.2) is 60.8 Å². The molecule has 1 amide bonds. The van der Waals surface area contributed by atoms with Crippen LogP contribution in [0.2, 0.25) is 0 Å². The highest BCUT2D eigenvalue weighted by Gasteiger charge is 2.18. The Bertz CT molecular complexity index is 604. The van der Waals surface area contributed by atoms with Crippen molar-refractivity contribution in [2.75, 3.05) is 6.54 Å². The summed E-state index contributed by atoms with van der Waals surface area (Å²) in [6.45, 7) is 2.67. The highest BCUT2D eigenvalue weighted by atomic mass is 16.4. The number of carboxylic acid groups (broad SMARTS) is 1. The quantitative estimate of drug-likeness (QED) is 0.183. The lowest BCUT2D eigenvalue weighted by molar-refractivity contribution is -0.142. The van der Waals surface area contributed by atoms with Gasteiger partial charge >= 0.3 is 5.97 Å². The standard InChI is InChI=1S/C26H42N2O3/c1-2-3-4-5-6-7-8-9-10-11-12-13-14-15-16-17-18-22-25(29)28-24(26(30)31)21-19-20-23-27/h3-4,6-7,9-10,12-13,15-16,24H,2,5,8,11,14,17-23,27H2,1H3,(H,28,29)(H,30,31)/b4-3-,7-6-,10-9-,13-12-,16-15-/t24-/m0/s1. The number of hydrogen-bond acceptors (Lipinski definition) is 3. The molecule has 0 spiro atoms. The van der Waals surface area contributed by atoms with Crippen LogP contribution in [-0.4, -0.2) is 29.6 Å². The zero-order chi connectivity index (χ0) is 23.0. The lowest BCUT2D eigenvalue weighted by Crippen LogP contribution is -2.40. The summed E-state index contributed by atoms with van der Waals surface area (Å²) >= 11 is 0. The minimum Gasteiger partial charge on any atom is -0.480 e. The molecule has 1 atom stereocenters. The number of amides is 1. The minimum atomic E-state index is -0.983. The molecule has 5 heteroatoms. The van der Waals surface area contributed by atoms with E-state index < -0.39 is 12.0 Å². The summed E-state index contributed by atoms with van der Waals surface area (Å²) in [5.74, 6) is -1.18. The third-order valence-corrected chi connectivity index (χ3v) is 4.51. The van der Waals surface area contributed by atoms with Crippen molar-refractivity contribution in [2.24, 2.45) is 5.73 Å². The summed E-state index contributed by atoms with van der Waals surface area (Å²) in [5, 5.41) is 11.8. The average molecular weight is 431 g/mol. The Morgan fingerprint density at radius 3 is 1.81 bits per heavy atom. The largest absolute Gasteiger partial charge is 0.480 e. The molecule has 0 aromatic rings. The summed E-state index contributed by atoms with van der Waals surface area (Å²) in [4.78, 5) is 23.1.